The van der Waals surface area contributed by atoms with Crippen LogP contribution in [0, 0.1) is 0 Å². The average molecular weight is 241 g/mol. The predicted octanol–water partition coefficient (Wildman–Crippen LogP) is 3.52. The molecule has 0 amide bonds. The van der Waals surface area contributed by atoms with Crippen LogP contribution in [-0.4, -0.2) is 5.78 Å². The first-order valence-electron chi connectivity index (χ1n) is 4.21. The summed E-state index contributed by atoms with van der Waals surface area (Å²) in [6, 6.07) is 7.68. The van der Waals surface area contributed by atoms with E-state index in [0.29, 0.717) is 0 Å². The second kappa shape index (κ2) is 3.62. The van der Waals surface area contributed by atoms with E-state index < -0.39 is 0 Å². The van der Waals surface area contributed by atoms with Crippen LogP contribution in [0.3, 0.4) is 0 Å². The van der Waals surface area contributed by atoms with Crippen LogP contribution in [-0.2, 0) is 4.32 Å². The van der Waals surface area contributed by atoms with Crippen molar-refractivity contribution in [1.82, 2.24) is 0 Å². The number of rotatable bonds is 2. The summed E-state index contributed by atoms with van der Waals surface area (Å²) in [5, 5.41) is 0. The van der Waals surface area contributed by atoms with E-state index in [2.05, 4.69) is 29.8 Å². The molecule has 0 spiro atoms. The minimum Gasteiger partial charge on any atom is -0.295 e. The van der Waals surface area contributed by atoms with Crippen LogP contribution in [0.4, 0.5) is 0 Å². The highest BCUT2D eigenvalue weighted by molar-refractivity contribution is 9.09. The molecule has 0 unspecified atom stereocenters. The SMILES string of the molecule is CC(=O)c1ccc(C(C)(C)Br)cc1. The number of alkyl halides is 1. The Hall–Kier alpha value is -0.630. The highest BCUT2D eigenvalue weighted by atomic mass is 79.9. The largest absolute Gasteiger partial charge is 0.295 e. The number of carbonyl (C=O) groups is 1. The van der Waals surface area contributed by atoms with Crippen LogP contribution in [0.1, 0.15) is 36.7 Å². The Morgan fingerprint density at radius 1 is 1.23 bits per heavy atom. The Kier molecular flexibility index (Phi) is 2.91. The van der Waals surface area contributed by atoms with Gasteiger partial charge in [0.1, 0.15) is 0 Å². The minimum absolute atomic E-state index is 0.0255. The summed E-state index contributed by atoms with van der Waals surface area (Å²) in [7, 11) is 0. The van der Waals surface area contributed by atoms with E-state index in [1.165, 1.54) is 5.56 Å². The predicted molar refractivity (Wildman–Crippen MR) is 58.4 cm³/mol. The van der Waals surface area contributed by atoms with Gasteiger partial charge in [-0.1, -0.05) is 40.2 Å². The molecule has 0 aliphatic rings. The van der Waals surface area contributed by atoms with Gasteiger partial charge in [0.2, 0.25) is 0 Å². The molecular formula is C11H13BrO. The molecule has 0 atom stereocenters. The van der Waals surface area contributed by atoms with Crippen molar-refractivity contribution in [3.8, 4) is 0 Å². The number of ketones is 1. The van der Waals surface area contributed by atoms with Crippen molar-refractivity contribution in [2.45, 2.75) is 25.1 Å². The molecule has 0 saturated carbocycles. The van der Waals surface area contributed by atoms with Gasteiger partial charge < -0.3 is 0 Å². The van der Waals surface area contributed by atoms with Crippen molar-refractivity contribution in [1.29, 1.82) is 0 Å². The molecular weight excluding hydrogens is 228 g/mol. The van der Waals surface area contributed by atoms with Gasteiger partial charge in [0.05, 0.1) is 0 Å². The molecule has 0 aliphatic carbocycles. The zero-order valence-corrected chi connectivity index (χ0v) is 9.68. The first-order valence-corrected chi connectivity index (χ1v) is 5.01. The Labute approximate surface area is 87.3 Å². The lowest BCUT2D eigenvalue weighted by atomic mass is 10.0. The van der Waals surface area contributed by atoms with E-state index in [1.807, 2.05) is 24.3 Å². The highest BCUT2D eigenvalue weighted by Crippen LogP contribution is 2.29. The Morgan fingerprint density at radius 2 is 1.69 bits per heavy atom. The third-order valence-corrected chi connectivity index (χ3v) is 2.44. The molecule has 0 radical (unpaired) electrons. The number of carbonyl (C=O) groups excluding carboxylic acids is 1. The van der Waals surface area contributed by atoms with Crippen LogP contribution in [0.15, 0.2) is 24.3 Å². The van der Waals surface area contributed by atoms with Gasteiger partial charge in [-0.2, -0.15) is 0 Å². The van der Waals surface area contributed by atoms with Crippen LogP contribution in [0.25, 0.3) is 0 Å². The first-order chi connectivity index (χ1) is 5.91. The number of Topliss-reactive ketones (excluding diaryl/α,β-unsaturated/α-hetero) is 1. The molecule has 0 N–H and O–H groups in total. The molecule has 1 rings (SSSR count). The molecule has 1 aromatic rings. The van der Waals surface area contributed by atoms with E-state index in [1.54, 1.807) is 6.92 Å². The third-order valence-electron chi connectivity index (χ3n) is 1.98. The lowest BCUT2D eigenvalue weighted by Gasteiger charge is -2.16. The molecule has 0 bridgehead atoms. The van der Waals surface area contributed by atoms with E-state index in [4.69, 9.17) is 0 Å². The molecule has 0 heterocycles. The van der Waals surface area contributed by atoms with E-state index in [9.17, 15) is 4.79 Å². The molecule has 1 nitrogen and oxygen atoms in total. The van der Waals surface area contributed by atoms with Crippen LogP contribution < -0.4 is 0 Å². The molecule has 13 heavy (non-hydrogen) atoms. The number of halogens is 1. The highest BCUT2D eigenvalue weighted by Gasteiger charge is 2.15. The average Bonchev–Trinajstić information content (AvgIpc) is 2.03. The monoisotopic (exact) mass is 240 g/mol. The fourth-order valence-corrected chi connectivity index (χ4v) is 1.37. The molecule has 70 valence electrons. The van der Waals surface area contributed by atoms with Gasteiger partial charge in [-0.25, -0.2) is 0 Å². The van der Waals surface area contributed by atoms with Gasteiger partial charge in [0, 0.05) is 9.89 Å². The topological polar surface area (TPSA) is 17.1 Å². The fraction of sp³-hybridized carbons (Fsp3) is 0.364. The number of hydrogen-bond acceptors (Lipinski definition) is 1. The normalized spacial score (nSPS) is 11.4. The maximum Gasteiger partial charge on any atom is 0.159 e. The summed E-state index contributed by atoms with van der Waals surface area (Å²) >= 11 is 3.56. The number of hydrogen-bond donors (Lipinski definition) is 0. The molecule has 1 aromatic carbocycles. The molecule has 0 fully saturated rings. The van der Waals surface area contributed by atoms with E-state index >= 15 is 0 Å². The maximum absolute atomic E-state index is 11.0. The van der Waals surface area contributed by atoms with Crippen molar-refractivity contribution >= 4 is 21.7 Å². The zero-order valence-electron chi connectivity index (χ0n) is 8.10. The van der Waals surface area contributed by atoms with Gasteiger partial charge in [-0.05, 0) is 26.3 Å². The van der Waals surface area contributed by atoms with Crippen molar-refractivity contribution in [2.24, 2.45) is 0 Å². The molecule has 2 heteroatoms. The first kappa shape index (κ1) is 10.5. The smallest absolute Gasteiger partial charge is 0.159 e. The third kappa shape index (κ3) is 2.66. The minimum atomic E-state index is -0.0255. The summed E-state index contributed by atoms with van der Waals surface area (Å²) in [5.74, 6) is 0.110. The van der Waals surface area contributed by atoms with Crippen molar-refractivity contribution in [3.63, 3.8) is 0 Å². The Morgan fingerprint density at radius 3 is 2.00 bits per heavy atom. The second-order valence-corrected chi connectivity index (χ2v) is 5.59. The summed E-state index contributed by atoms with van der Waals surface area (Å²) in [5.41, 5.74) is 1.94. The van der Waals surface area contributed by atoms with Gasteiger partial charge >= 0.3 is 0 Å². The van der Waals surface area contributed by atoms with E-state index in [-0.39, 0.29) is 10.1 Å². The van der Waals surface area contributed by atoms with Crippen LogP contribution in [0.5, 0.6) is 0 Å². The van der Waals surface area contributed by atoms with Crippen molar-refractivity contribution in [3.05, 3.63) is 35.4 Å². The van der Waals surface area contributed by atoms with Gasteiger partial charge in [0.15, 0.2) is 5.78 Å². The quantitative estimate of drug-likeness (QED) is 0.571. The molecule has 0 saturated heterocycles. The van der Waals surface area contributed by atoms with Crippen LogP contribution in [0.2, 0.25) is 0 Å². The maximum atomic E-state index is 11.0. The molecule has 0 aliphatic heterocycles. The fourth-order valence-electron chi connectivity index (χ4n) is 1.10. The lowest BCUT2D eigenvalue weighted by molar-refractivity contribution is 0.101. The number of benzene rings is 1. The van der Waals surface area contributed by atoms with Crippen molar-refractivity contribution in [2.75, 3.05) is 0 Å². The van der Waals surface area contributed by atoms with Gasteiger partial charge in [-0.3, -0.25) is 4.79 Å². The standard InChI is InChI=1S/C11H13BrO/c1-8(13)9-4-6-10(7-5-9)11(2,3)12/h4-7H,1-3H3. The van der Waals surface area contributed by atoms with Crippen LogP contribution >= 0.6 is 15.9 Å². The Balaban J connectivity index is 3.01. The molecule has 0 aromatic heterocycles. The van der Waals surface area contributed by atoms with Crippen molar-refractivity contribution < 1.29 is 4.79 Å². The zero-order chi connectivity index (χ0) is 10.1. The summed E-state index contributed by atoms with van der Waals surface area (Å²) in [6.45, 7) is 5.74. The summed E-state index contributed by atoms with van der Waals surface area (Å²) in [6.07, 6.45) is 0. The van der Waals surface area contributed by atoms with Gasteiger partial charge in [-0.15, -0.1) is 0 Å². The Bertz CT molecular complexity index is 306. The summed E-state index contributed by atoms with van der Waals surface area (Å²) < 4.78 is -0.0255. The lowest BCUT2D eigenvalue weighted by Crippen LogP contribution is -2.06. The van der Waals surface area contributed by atoms with E-state index in [0.717, 1.165) is 5.56 Å². The second-order valence-electron chi connectivity index (χ2n) is 3.61. The van der Waals surface area contributed by atoms with Gasteiger partial charge in [0.25, 0.3) is 0 Å². The summed E-state index contributed by atoms with van der Waals surface area (Å²) in [4.78, 5) is 11.0.